The van der Waals surface area contributed by atoms with Gasteiger partial charge in [-0.3, -0.25) is 0 Å². The molecule has 1 aromatic carbocycles. The minimum absolute atomic E-state index is 0.109. The van der Waals surface area contributed by atoms with Crippen molar-refractivity contribution in [3.63, 3.8) is 0 Å². The fourth-order valence-corrected chi connectivity index (χ4v) is 2.01. The molecule has 0 aliphatic heterocycles. The molecule has 0 amide bonds. The van der Waals surface area contributed by atoms with Crippen molar-refractivity contribution in [1.82, 2.24) is 0 Å². The van der Waals surface area contributed by atoms with Crippen LogP contribution in [-0.2, 0) is 16.1 Å². The topological polar surface area (TPSA) is 101 Å². The maximum atomic E-state index is 12.2. The first-order valence-electron chi connectivity index (χ1n) is 6.42. The zero-order chi connectivity index (χ0) is 17.0. The van der Waals surface area contributed by atoms with Crippen LogP contribution < -0.4 is 10.5 Å². The molecule has 1 aromatic heterocycles. The van der Waals surface area contributed by atoms with Gasteiger partial charge in [-0.2, -0.15) is 0 Å². The summed E-state index contributed by atoms with van der Waals surface area (Å²) in [4.78, 5) is 23.7. The highest BCUT2D eigenvalue weighted by Gasteiger charge is 2.20. The highest BCUT2D eigenvalue weighted by molar-refractivity contribution is 6.33. The Morgan fingerprint density at radius 3 is 2.61 bits per heavy atom. The van der Waals surface area contributed by atoms with E-state index in [0.717, 1.165) is 0 Å². The second-order valence-electron chi connectivity index (χ2n) is 4.40. The molecule has 2 N–H and O–H groups in total. The molecule has 7 nitrogen and oxygen atoms in total. The zero-order valence-electron chi connectivity index (χ0n) is 12.4. The summed E-state index contributed by atoms with van der Waals surface area (Å²) in [5.74, 6) is -0.885. The Labute approximate surface area is 136 Å². The predicted octanol–water partition coefficient (Wildman–Crippen LogP) is 2.67. The lowest BCUT2D eigenvalue weighted by Gasteiger charge is -2.10. The van der Waals surface area contributed by atoms with Crippen molar-refractivity contribution in [2.75, 3.05) is 20.0 Å². The molecule has 0 spiro atoms. The smallest absolute Gasteiger partial charge is 0.342 e. The van der Waals surface area contributed by atoms with E-state index in [1.54, 1.807) is 0 Å². The third-order valence-corrected chi connectivity index (χ3v) is 3.35. The normalized spacial score (nSPS) is 10.2. The summed E-state index contributed by atoms with van der Waals surface area (Å²) in [7, 11) is 2.63. The van der Waals surface area contributed by atoms with Crippen LogP contribution in [0.15, 0.2) is 28.9 Å². The molecule has 0 aliphatic rings. The fourth-order valence-electron chi connectivity index (χ4n) is 1.85. The van der Waals surface area contributed by atoms with Crippen molar-refractivity contribution in [2.24, 2.45) is 0 Å². The number of nitrogens with two attached hydrogens (primary N) is 1. The Hall–Kier alpha value is -2.67. The van der Waals surface area contributed by atoms with E-state index in [4.69, 9.17) is 31.2 Å². The second-order valence-corrected chi connectivity index (χ2v) is 4.81. The van der Waals surface area contributed by atoms with Crippen molar-refractivity contribution < 1.29 is 28.2 Å². The van der Waals surface area contributed by atoms with Gasteiger partial charge in [-0.05, 0) is 12.1 Å². The molecular weight excluding hydrogens is 326 g/mol. The molecule has 2 aromatic rings. The fraction of sp³-hybridized carbons (Fsp3) is 0.200. The number of hydrogen-bond acceptors (Lipinski definition) is 7. The molecule has 122 valence electrons. The van der Waals surface area contributed by atoms with Crippen LogP contribution in [0.2, 0.25) is 5.02 Å². The van der Waals surface area contributed by atoms with Crippen molar-refractivity contribution in [3.05, 3.63) is 46.4 Å². The van der Waals surface area contributed by atoms with Gasteiger partial charge in [0.2, 0.25) is 0 Å². The number of carbonyl (C=O) groups excluding carboxylic acids is 2. The summed E-state index contributed by atoms with van der Waals surface area (Å²) >= 11 is 5.90. The van der Waals surface area contributed by atoms with E-state index < -0.39 is 11.9 Å². The quantitative estimate of drug-likeness (QED) is 0.660. The lowest BCUT2D eigenvalue weighted by Crippen LogP contribution is -2.10. The van der Waals surface area contributed by atoms with Crippen molar-refractivity contribution in [2.45, 2.75) is 6.61 Å². The van der Waals surface area contributed by atoms with Gasteiger partial charge in [-0.1, -0.05) is 11.6 Å². The van der Waals surface area contributed by atoms with Gasteiger partial charge in [-0.25, -0.2) is 9.59 Å². The summed E-state index contributed by atoms with van der Waals surface area (Å²) in [5.41, 5.74) is 6.22. The van der Waals surface area contributed by atoms with Crippen LogP contribution in [-0.4, -0.2) is 26.2 Å². The number of methoxy groups -OCH3 is 2. The van der Waals surface area contributed by atoms with Gasteiger partial charge in [0.25, 0.3) is 0 Å². The molecule has 0 aliphatic carbocycles. The summed E-state index contributed by atoms with van der Waals surface area (Å²) in [5, 5.41) is 0.200. The van der Waals surface area contributed by atoms with Crippen LogP contribution in [0.1, 0.15) is 26.5 Å². The van der Waals surface area contributed by atoms with Crippen molar-refractivity contribution in [1.29, 1.82) is 0 Å². The van der Waals surface area contributed by atoms with Crippen LogP contribution in [0.25, 0.3) is 0 Å². The Kier molecular flexibility index (Phi) is 5.13. The van der Waals surface area contributed by atoms with Crippen molar-refractivity contribution in [3.8, 4) is 5.75 Å². The van der Waals surface area contributed by atoms with E-state index in [2.05, 4.69) is 4.74 Å². The Balaban J connectivity index is 2.16. The van der Waals surface area contributed by atoms with Crippen LogP contribution in [0.4, 0.5) is 5.69 Å². The Morgan fingerprint density at radius 1 is 1.22 bits per heavy atom. The number of rotatable bonds is 5. The number of furan rings is 1. The number of carbonyl (C=O) groups is 2. The zero-order valence-corrected chi connectivity index (χ0v) is 13.2. The average molecular weight is 340 g/mol. The third-order valence-electron chi connectivity index (χ3n) is 3.02. The van der Waals surface area contributed by atoms with Crippen LogP contribution in [0.3, 0.4) is 0 Å². The standard InChI is InChI=1S/C15H14ClNO6/c1-20-12-6-11(17)10(16)5-9(12)15(19)23-7-13-8(3-4-22-13)14(18)21-2/h3-6H,7,17H2,1-2H3. The minimum Gasteiger partial charge on any atom is -0.496 e. The van der Waals surface area contributed by atoms with Gasteiger partial charge in [0.05, 0.1) is 31.2 Å². The van der Waals surface area contributed by atoms with Crippen LogP contribution in [0.5, 0.6) is 5.75 Å². The third kappa shape index (κ3) is 3.57. The van der Waals surface area contributed by atoms with E-state index in [1.165, 1.54) is 38.7 Å². The molecule has 0 atom stereocenters. The van der Waals surface area contributed by atoms with E-state index in [1.807, 2.05) is 0 Å². The van der Waals surface area contributed by atoms with Crippen LogP contribution >= 0.6 is 11.6 Å². The summed E-state index contributed by atoms with van der Waals surface area (Å²) < 4.78 is 19.9. The molecule has 1 heterocycles. The number of anilines is 1. The Morgan fingerprint density at radius 2 is 1.96 bits per heavy atom. The maximum absolute atomic E-state index is 12.2. The number of esters is 2. The monoisotopic (exact) mass is 339 g/mol. The van der Waals surface area contributed by atoms with Gasteiger partial charge in [0, 0.05) is 6.07 Å². The summed E-state index contributed by atoms with van der Waals surface area (Å²) in [6.07, 6.45) is 1.30. The molecule has 2 rings (SSSR count). The molecule has 0 unspecified atom stereocenters. The van der Waals surface area contributed by atoms with Crippen molar-refractivity contribution >= 4 is 29.2 Å². The number of hydrogen-bond donors (Lipinski definition) is 1. The highest BCUT2D eigenvalue weighted by atomic mass is 35.5. The highest BCUT2D eigenvalue weighted by Crippen LogP contribution is 2.29. The second kappa shape index (κ2) is 7.06. The predicted molar refractivity (Wildman–Crippen MR) is 81.6 cm³/mol. The van der Waals surface area contributed by atoms with E-state index in [0.29, 0.717) is 0 Å². The molecule has 0 saturated carbocycles. The first-order chi connectivity index (χ1) is 11.0. The molecule has 0 radical (unpaired) electrons. The maximum Gasteiger partial charge on any atom is 0.342 e. The lowest BCUT2D eigenvalue weighted by atomic mass is 10.2. The van der Waals surface area contributed by atoms with Gasteiger partial charge in [0.15, 0.2) is 12.4 Å². The number of ether oxygens (including phenoxy) is 3. The summed E-state index contributed by atoms with van der Waals surface area (Å²) in [6, 6.07) is 4.20. The summed E-state index contributed by atoms with van der Waals surface area (Å²) in [6.45, 7) is -0.249. The Bertz CT molecular complexity index is 740. The first-order valence-corrected chi connectivity index (χ1v) is 6.80. The number of halogens is 1. The van der Waals surface area contributed by atoms with E-state index in [9.17, 15) is 9.59 Å². The molecule has 0 saturated heterocycles. The molecular formula is C15H14ClNO6. The van der Waals surface area contributed by atoms with E-state index in [-0.39, 0.29) is 40.0 Å². The molecule has 8 heteroatoms. The van der Waals surface area contributed by atoms with Gasteiger partial charge >= 0.3 is 11.9 Å². The first kappa shape index (κ1) is 16.7. The van der Waals surface area contributed by atoms with Crippen LogP contribution in [0, 0.1) is 0 Å². The average Bonchev–Trinajstić information content (AvgIpc) is 3.02. The number of nitrogen functional groups attached to an aromatic ring is 1. The molecule has 23 heavy (non-hydrogen) atoms. The van der Waals surface area contributed by atoms with Gasteiger partial charge < -0.3 is 24.4 Å². The molecule has 0 fully saturated rings. The van der Waals surface area contributed by atoms with Gasteiger partial charge in [0.1, 0.15) is 16.9 Å². The largest absolute Gasteiger partial charge is 0.496 e. The molecule has 0 bridgehead atoms. The lowest BCUT2D eigenvalue weighted by molar-refractivity contribution is 0.0429. The number of benzene rings is 1. The van der Waals surface area contributed by atoms with Gasteiger partial charge in [-0.15, -0.1) is 0 Å². The minimum atomic E-state index is -0.698. The SMILES string of the molecule is COC(=O)c1ccoc1COC(=O)c1cc(Cl)c(N)cc1OC. The van der Waals surface area contributed by atoms with E-state index >= 15 is 0 Å².